The lowest BCUT2D eigenvalue weighted by molar-refractivity contribution is 0.120. The molecule has 0 amide bonds. The van der Waals surface area contributed by atoms with Gasteiger partial charge in [-0.15, -0.1) is 12.4 Å². The van der Waals surface area contributed by atoms with Crippen molar-refractivity contribution in [2.24, 2.45) is 0 Å². The number of nitrogens with one attached hydrogen (secondary N) is 1. The lowest BCUT2D eigenvalue weighted by atomic mass is 10.2. The Kier molecular flexibility index (Phi) is 5.42. The van der Waals surface area contributed by atoms with E-state index in [1.807, 2.05) is 4.90 Å². The summed E-state index contributed by atoms with van der Waals surface area (Å²) >= 11 is 0. The van der Waals surface area contributed by atoms with E-state index < -0.39 is 15.1 Å². The van der Waals surface area contributed by atoms with Crippen LogP contribution in [0.4, 0.5) is 6.01 Å². The Balaban J connectivity index is 0.00000161. The molecule has 1 aromatic rings. The molecule has 21 heavy (non-hydrogen) atoms. The fourth-order valence-corrected chi connectivity index (χ4v) is 3.94. The molecule has 120 valence electrons. The number of rotatable bonds is 3. The molecule has 0 atom stereocenters. The van der Waals surface area contributed by atoms with Gasteiger partial charge in [-0.1, -0.05) is 10.2 Å². The number of nitrogens with zero attached hydrogens (tertiary/aromatic N) is 3. The van der Waals surface area contributed by atoms with Gasteiger partial charge in [0.15, 0.2) is 0 Å². The van der Waals surface area contributed by atoms with Gasteiger partial charge in [0.25, 0.3) is 0 Å². The molecule has 0 radical (unpaired) electrons. The van der Waals surface area contributed by atoms with Gasteiger partial charge in [-0.2, -0.15) is 0 Å². The molecule has 0 aromatic carbocycles. The monoisotopic (exact) mass is 338 g/mol. The average molecular weight is 339 g/mol. The summed E-state index contributed by atoms with van der Waals surface area (Å²) in [5.74, 6) is 0. The summed E-state index contributed by atoms with van der Waals surface area (Å²) < 4.78 is 35.4. The van der Waals surface area contributed by atoms with Gasteiger partial charge in [-0.05, 0) is 25.9 Å². The van der Waals surface area contributed by atoms with E-state index in [4.69, 9.17) is 9.15 Å². The maximum absolute atomic E-state index is 12.4. The van der Waals surface area contributed by atoms with Crippen LogP contribution in [0.15, 0.2) is 9.64 Å². The van der Waals surface area contributed by atoms with Crippen LogP contribution in [0, 0.1) is 0 Å². The van der Waals surface area contributed by atoms with E-state index in [9.17, 15) is 8.42 Å². The highest BCUT2D eigenvalue weighted by molar-refractivity contribution is 7.91. The summed E-state index contributed by atoms with van der Waals surface area (Å²) in [7, 11) is -3.52. The van der Waals surface area contributed by atoms with Crippen molar-refractivity contribution in [2.75, 3.05) is 44.3 Å². The van der Waals surface area contributed by atoms with E-state index in [1.165, 1.54) is 0 Å². The van der Waals surface area contributed by atoms with Crippen molar-refractivity contribution in [1.82, 2.24) is 15.5 Å². The van der Waals surface area contributed by atoms with E-state index >= 15 is 0 Å². The maximum atomic E-state index is 12.4. The number of hydrogen-bond acceptors (Lipinski definition) is 8. The highest BCUT2D eigenvalue weighted by atomic mass is 35.5. The van der Waals surface area contributed by atoms with Crippen molar-refractivity contribution in [1.29, 1.82) is 0 Å². The normalized spacial score (nSPS) is 21.0. The lowest BCUT2D eigenvalue weighted by Crippen LogP contribution is -2.36. The molecular weight excluding hydrogens is 320 g/mol. The van der Waals surface area contributed by atoms with Gasteiger partial charge in [0.05, 0.1) is 18.5 Å². The third-order valence-electron chi connectivity index (χ3n) is 3.65. The van der Waals surface area contributed by atoms with Crippen molar-refractivity contribution < 1.29 is 17.6 Å². The van der Waals surface area contributed by atoms with Crippen LogP contribution < -0.4 is 10.2 Å². The van der Waals surface area contributed by atoms with Gasteiger partial charge in [-0.3, -0.25) is 0 Å². The molecule has 2 aliphatic rings. The highest BCUT2D eigenvalue weighted by Crippen LogP contribution is 2.24. The van der Waals surface area contributed by atoms with Crippen LogP contribution in [0.3, 0.4) is 0 Å². The highest BCUT2D eigenvalue weighted by Gasteiger charge is 2.34. The van der Waals surface area contributed by atoms with E-state index in [0.29, 0.717) is 52.2 Å². The van der Waals surface area contributed by atoms with Gasteiger partial charge in [-0.25, -0.2) is 8.42 Å². The second-order valence-electron chi connectivity index (χ2n) is 4.94. The second kappa shape index (κ2) is 6.91. The Morgan fingerprint density at radius 2 is 1.81 bits per heavy atom. The number of piperidine rings is 1. The Morgan fingerprint density at radius 1 is 1.14 bits per heavy atom. The summed E-state index contributed by atoms with van der Waals surface area (Å²) in [5, 5.41) is 10.0. The summed E-state index contributed by atoms with van der Waals surface area (Å²) in [5.41, 5.74) is 0. The predicted octanol–water partition coefficient (Wildman–Crippen LogP) is -0.146. The Bertz CT molecular complexity index is 552. The van der Waals surface area contributed by atoms with Gasteiger partial charge < -0.3 is 19.4 Å². The lowest BCUT2D eigenvalue weighted by Gasteiger charge is -2.24. The van der Waals surface area contributed by atoms with E-state index in [0.717, 1.165) is 0 Å². The minimum Gasteiger partial charge on any atom is -0.394 e. The minimum absolute atomic E-state index is 0. The Labute approximate surface area is 129 Å². The molecule has 3 rings (SSSR count). The van der Waals surface area contributed by atoms with Crippen LogP contribution in [0.1, 0.15) is 12.8 Å². The molecule has 1 N–H and O–H groups in total. The summed E-state index contributed by atoms with van der Waals surface area (Å²) in [6.07, 6.45) is 1.16. The SMILES string of the molecule is Cl.O=S(=O)(c1nnc(N2CCOCC2)o1)C1CCNCC1. The number of ether oxygens (including phenoxy) is 1. The third kappa shape index (κ3) is 3.47. The first kappa shape index (κ1) is 16.5. The molecule has 0 unspecified atom stereocenters. The summed E-state index contributed by atoms with van der Waals surface area (Å²) in [6, 6.07) is 0.265. The van der Waals surface area contributed by atoms with Crippen molar-refractivity contribution in [3.8, 4) is 0 Å². The van der Waals surface area contributed by atoms with E-state index in [1.54, 1.807) is 0 Å². The zero-order chi connectivity index (χ0) is 14.0. The second-order valence-corrected chi connectivity index (χ2v) is 7.05. The number of halogens is 1. The van der Waals surface area contributed by atoms with Crippen LogP contribution in [0.25, 0.3) is 0 Å². The molecule has 2 saturated heterocycles. The summed E-state index contributed by atoms with van der Waals surface area (Å²) in [4.78, 5) is 1.85. The Morgan fingerprint density at radius 3 is 2.48 bits per heavy atom. The number of sulfone groups is 1. The van der Waals surface area contributed by atoms with Gasteiger partial charge in [0, 0.05) is 13.1 Å². The molecule has 3 heterocycles. The average Bonchev–Trinajstić information content (AvgIpc) is 3.00. The predicted molar refractivity (Wildman–Crippen MR) is 77.7 cm³/mol. The number of aromatic nitrogens is 2. The number of anilines is 1. The van der Waals surface area contributed by atoms with Crippen molar-refractivity contribution in [3.05, 3.63) is 0 Å². The van der Waals surface area contributed by atoms with Crippen LogP contribution >= 0.6 is 12.4 Å². The fraction of sp³-hybridized carbons (Fsp3) is 0.818. The minimum atomic E-state index is -3.52. The van der Waals surface area contributed by atoms with Crippen molar-refractivity contribution >= 4 is 28.3 Å². The molecular formula is C11H19ClN4O4S. The molecule has 0 spiro atoms. The zero-order valence-corrected chi connectivity index (χ0v) is 13.2. The van der Waals surface area contributed by atoms with Gasteiger partial charge >= 0.3 is 11.2 Å². The van der Waals surface area contributed by atoms with Crippen LogP contribution in [0.5, 0.6) is 0 Å². The first-order valence-corrected chi connectivity index (χ1v) is 8.33. The molecule has 0 bridgehead atoms. The molecule has 1 aromatic heterocycles. The van der Waals surface area contributed by atoms with Crippen LogP contribution in [-0.4, -0.2) is 63.3 Å². The molecule has 0 aliphatic carbocycles. The van der Waals surface area contributed by atoms with E-state index in [2.05, 4.69) is 15.5 Å². The smallest absolute Gasteiger partial charge is 0.337 e. The van der Waals surface area contributed by atoms with Gasteiger partial charge in [0.1, 0.15) is 0 Å². The molecule has 0 saturated carbocycles. The molecule has 8 nitrogen and oxygen atoms in total. The maximum Gasteiger partial charge on any atom is 0.337 e. The quantitative estimate of drug-likeness (QED) is 0.813. The molecule has 2 aliphatic heterocycles. The molecule has 10 heteroatoms. The van der Waals surface area contributed by atoms with Crippen molar-refractivity contribution in [3.63, 3.8) is 0 Å². The standard InChI is InChI=1S/C11H18N4O4S.ClH/c16-20(17,9-1-3-12-4-2-9)11-14-13-10(19-11)15-5-7-18-8-6-15;/h9,12H,1-8H2;1H. The fourth-order valence-electron chi connectivity index (χ4n) is 2.45. The summed E-state index contributed by atoms with van der Waals surface area (Å²) in [6.45, 7) is 3.84. The first-order valence-electron chi connectivity index (χ1n) is 6.79. The van der Waals surface area contributed by atoms with Crippen molar-refractivity contribution in [2.45, 2.75) is 23.3 Å². The number of morpholine rings is 1. The van der Waals surface area contributed by atoms with Crippen LogP contribution in [-0.2, 0) is 14.6 Å². The topological polar surface area (TPSA) is 97.6 Å². The molecule has 2 fully saturated rings. The first-order chi connectivity index (χ1) is 9.68. The third-order valence-corrected chi connectivity index (χ3v) is 5.65. The van der Waals surface area contributed by atoms with E-state index in [-0.39, 0.29) is 23.6 Å². The van der Waals surface area contributed by atoms with Crippen LogP contribution in [0.2, 0.25) is 0 Å². The largest absolute Gasteiger partial charge is 0.394 e. The Hall–Kier alpha value is -0.900. The number of hydrogen-bond donors (Lipinski definition) is 1. The van der Waals surface area contributed by atoms with Gasteiger partial charge in [0.2, 0.25) is 9.84 Å². The zero-order valence-electron chi connectivity index (χ0n) is 11.5.